The zero-order valence-corrected chi connectivity index (χ0v) is 12.9. The first-order chi connectivity index (χ1) is 10.8. The van der Waals surface area contributed by atoms with Gasteiger partial charge in [0.15, 0.2) is 0 Å². The molecule has 1 fully saturated rings. The first kappa shape index (κ1) is 14.8. The second kappa shape index (κ2) is 6.75. The largest absolute Gasteiger partial charge is 0.339 e. The van der Waals surface area contributed by atoms with Gasteiger partial charge >= 0.3 is 0 Å². The van der Waals surface area contributed by atoms with Crippen LogP contribution >= 0.6 is 0 Å². The molecular formula is C17H22N4O. The highest BCUT2D eigenvalue weighted by Gasteiger charge is 2.22. The van der Waals surface area contributed by atoms with Gasteiger partial charge < -0.3 is 9.80 Å². The van der Waals surface area contributed by atoms with Gasteiger partial charge in [-0.15, -0.1) is 0 Å². The Balaban J connectivity index is 1.62. The molecule has 1 atom stereocenters. The molecule has 1 aromatic carbocycles. The molecule has 5 heteroatoms. The van der Waals surface area contributed by atoms with Crippen LogP contribution in [0, 0.1) is 0 Å². The lowest BCUT2D eigenvalue weighted by Crippen LogP contribution is -2.37. The molecule has 0 radical (unpaired) electrons. The standard InChI is InChI=1S/C17H22N4O/c1-19-10-2-4-17(19)13-20(14-22)12-15-5-7-16(8-6-15)21-11-3-9-18-21/h3,5-9,11,14,17H,2,4,10,12-13H2,1H3. The fourth-order valence-electron chi connectivity index (χ4n) is 3.04. The number of nitrogens with zero attached hydrogens (tertiary/aromatic N) is 4. The second-order valence-corrected chi connectivity index (χ2v) is 5.93. The third-order valence-electron chi connectivity index (χ3n) is 4.36. The van der Waals surface area contributed by atoms with Crippen molar-refractivity contribution in [2.75, 3.05) is 20.1 Å². The van der Waals surface area contributed by atoms with Gasteiger partial charge in [0, 0.05) is 31.5 Å². The van der Waals surface area contributed by atoms with Crippen LogP contribution in [0.25, 0.3) is 5.69 Å². The predicted molar refractivity (Wildman–Crippen MR) is 85.7 cm³/mol. The normalized spacial score (nSPS) is 18.5. The van der Waals surface area contributed by atoms with E-state index in [2.05, 4.69) is 29.2 Å². The number of aromatic nitrogens is 2. The molecule has 2 heterocycles. The van der Waals surface area contributed by atoms with Crippen LogP contribution in [0.4, 0.5) is 0 Å². The molecule has 1 unspecified atom stereocenters. The first-order valence-electron chi connectivity index (χ1n) is 7.75. The topological polar surface area (TPSA) is 41.4 Å². The van der Waals surface area contributed by atoms with Crippen molar-refractivity contribution >= 4 is 6.41 Å². The zero-order valence-electron chi connectivity index (χ0n) is 12.9. The quantitative estimate of drug-likeness (QED) is 0.765. The lowest BCUT2D eigenvalue weighted by molar-refractivity contribution is -0.119. The Morgan fingerprint density at radius 2 is 2.18 bits per heavy atom. The number of hydrogen-bond donors (Lipinski definition) is 0. The van der Waals surface area contributed by atoms with Gasteiger partial charge in [0.25, 0.3) is 0 Å². The third-order valence-corrected chi connectivity index (χ3v) is 4.36. The highest BCUT2D eigenvalue weighted by molar-refractivity contribution is 5.47. The average molecular weight is 298 g/mol. The summed E-state index contributed by atoms with van der Waals surface area (Å²) in [6, 6.07) is 10.6. The molecule has 2 aromatic rings. The Kier molecular flexibility index (Phi) is 4.53. The minimum Gasteiger partial charge on any atom is -0.339 e. The smallest absolute Gasteiger partial charge is 0.210 e. The number of carbonyl (C=O) groups is 1. The molecule has 116 valence electrons. The summed E-state index contributed by atoms with van der Waals surface area (Å²) in [5, 5.41) is 4.21. The van der Waals surface area contributed by atoms with E-state index < -0.39 is 0 Å². The van der Waals surface area contributed by atoms with E-state index in [1.54, 1.807) is 6.20 Å². The van der Waals surface area contributed by atoms with Gasteiger partial charge in [0.2, 0.25) is 6.41 Å². The molecule has 0 N–H and O–H groups in total. The summed E-state index contributed by atoms with van der Waals surface area (Å²) in [5.74, 6) is 0. The summed E-state index contributed by atoms with van der Waals surface area (Å²) in [5.41, 5.74) is 2.17. The maximum absolute atomic E-state index is 11.4. The monoisotopic (exact) mass is 298 g/mol. The number of carbonyl (C=O) groups excluding carboxylic acids is 1. The number of benzene rings is 1. The van der Waals surface area contributed by atoms with Gasteiger partial charge in [-0.05, 0) is 50.2 Å². The molecule has 22 heavy (non-hydrogen) atoms. The number of hydrogen-bond acceptors (Lipinski definition) is 3. The molecule has 1 aliphatic heterocycles. The van der Waals surface area contributed by atoms with E-state index in [0.29, 0.717) is 12.6 Å². The summed E-state index contributed by atoms with van der Waals surface area (Å²) < 4.78 is 1.83. The number of likely N-dealkylation sites (N-methyl/N-ethyl adjacent to an activating group) is 1. The van der Waals surface area contributed by atoms with Gasteiger partial charge in [0.1, 0.15) is 0 Å². The van der Waals surface area contributed by atoms with Crippen molar-refractivity contribution in [3.8, 4) is 5.69 Å². The Bertz CT molecular complexity index is 594. The van der Waals surface area contributed by atoms with E-state index in [1.165, 1.54) is 12.8 Å². The lowest BCUT2D eigenvalue weighted by Gasteiger charge is -2.26. The fourth-order valence-corrected chi connectivity index (χ4v) is 3.04. The van der Waals surface area contributed by atoms with E-state index in [0.717, 1.165) is 30.8 Å². The van der Waals surface area contributed by atoms with Crippen molar-refractivity contribution in [3.63, 3.8) is 0 Å². The molecule has 3 rings (SSSR count). The van der Waals surface area contributed by atoms with Crippen molar-refractivity contribution < 1.29 is 4.79 Å². The van der Waals surface area contributed by atoms with Gasteiger partial charge in [-0.25, -0.2) is 4.68 Å². The molecule has 1 saturated heterocycles. The van der Waals surface area contributed by atoms with E-state index in [-0.39, 0.29) is 0 Å². The third kappa shape index (κ3) is 3.36. The Morgan fingerprint density at radius 3 is 2.77 bits per heavy atom. The van der Waals surface area contributed by atoms with Gasteiger partial charge in [0.05, 0.1) is 5.69 Å². The second-order valence-electron chi connectivity index (χ2n) is 5.93. The maximum atomic E-state index is 11.4. The zero-order chi connectivity index (χ0) is 15.4. The van der Waals surface area contributed by atoms with Crippen LogP contribution in [0.3, 0.4) is 0 Å². The van der Waals surface area contributed by atoms with Crippen molar-refractivity contribution in [1.82, 2.24) is 19.6 Å². The summed E-state index contributed by atoms with van der Waals surface area (Å²) in [6.45, 7) is 2.60. The number of rotatable bonds is 6. The predicted octanol–water partition coefficient (Wildman–Crippen LogP) is 1.92. The Hall–Kier alpha value is -2.14. The van der Waals surface area contributed by atoms with Crippen LogP contribution in [0.15, 0.2) is 42.7 Å². The molecule has 1 aromatic heterocycles. The minimum absolute atomic E-state index is 0.494. The highest BCUT2D eigenvalue weighted by Crippen LogP contribution is 2.17. The molecule has 0 aliphatic carbocycles. The molecule has 0 saturated carbocycles. The Labute approximate surface area is 131 Å². The van der Waals surface area contributed by atoms with Crippen molar-refractivity contribution in [1.29, 1.82) is 0 Å². The summed E-state index contributed by atoms with van der Waals surface area (Å²) in [7, 11) is 2.14. The molecule has 0 bridgehead atoms. The lowest BCUT2D eigenvalue weighted by atomic mass is 10.1. The highest BCUT2D eigenvalue weighted by atomic mass is 16.1. The van der Waals surface area contributed by atoms with Crippen molar-refractivity contribution in [3.05, 3.63) is 48.3 Å². The van der Waals surface area contributed by atoms with Crippen LogP contribution < -0.4 is 0 Å². The van der Waals surface area contributed by atoms with Crippen LogP contribution in [0.1, 0.15) is 18.4 Å². The summed E-state index contributed by atoms with van der Waals surface area (Å²) in [4.78, 5) is 15.6. The summed E-state index contributed by atoms with van der Waals surface area (Å²) >= 11 is 0. The number of amides is 1. The Morgan fingerprint density at radius 1 is 1.36 bits per heavy atom. The minimum atomic E-state index is 0.494. The van der Waals surface area contributed by atoms with Crippen LogP contribution in [0.2, 0.25) is 0 Å². The van der Waals surface area contributed by atoms with Gasteiger partial charge in [-0.1, -0.05) is 12.1 Å². The van der Waals surface area contributed by atoms with E-state index in [4.69, 9.17) is 0 Å². The van der Waals surface area contributed by atoms with Crippen LogP contribution in [0.5, 0.6) is 0 Å². The molecule has 1 amide bonds. The number of likely N-dealkylation sites (tertiary alicyclic amines) is 1. The first-order valence-corrected chi connectivity index (χ1v) is 7.75. The van der Waals surface area contributed by atoms with Gasteiger partial charge in [-0.3, -0.25) is 4.79 Å². The van der Waals surface area contributed by atoms with Crippen LogP contribution in [-0.2, 0) is 11.3 Å². The molecule has 5 nitrogen and oxygen atoms in total. The molecular weight excluding hydrogens is 276 g/mol. The van der Waals surface area contributed by atoms with Crippen molar-refractivity contribution in [2.24, 2.45) is 0 Å². The molecule has 0 spiro atoms. The van der Waals surface area contributed by atoms with Crippen molar-refractivity contribution in [2.45, 2.75) is 25.4 Å². The van der Waals surface area contributed by atoms with E-state index in [1.807, 2.05) is 34.0 Å². The fraction of sp³-hybridized carbons (Fsp3) is 0.412. The van der Waals surface area contributed by atoms with E-state index in [9.17, 15) is 4.79 Å². The molecule has 1 aliphatic rings. The summed E-state index contributed by atoms with van der Waals surface area (Å²) in [6.07, 6.45) is 7.06. The van der Waals surface area contributed by atoms with Gasteiger partial charge in [-0.2, -0.15) is 5.10 Å². The average Bonchev–Trinajstić information content (AvgIpc) is 3.20. The van der Waals surface area contributed by atoms with E-state index >= 15 is 0 Å². The SMILES string of the molecule is CN1CCCC1CN(C=O)Cc1ccc(-n2cccn2)cc1. The maximum Gasteiger partial charge on any atom is 0.210 e. The van der Waals surface area contributed by atoms with Crippen LogP contribution in [-0.4, -0.2) is 52.2 Å².